The molecule has 0 radical (unpaired) electrons. The second-order valence-corrected chi connectivity index (χ2v) is 6.29. The molecule has 26 heavy (non-hydrogen) atoms. The monoisotopic (exact) mass is 370 g/mol. The Kier molecular flexibility index (Phi) is 5.43. The van der Waals surface area contributed by atoms with Crippen LogP contribution in [0.3, 0.4) is 0 Å². The number of thioether (sulfide) groups is 1. The van der Waals surface area contributed by atoms with Crippen molar-refractivity contribution in [3.63, 3.8) is 0 Å². The number of carbonyl (C=O) groups excluding carboxylic acids is 2. The Balaban J connectivity index is 1.78. The fraction of sp³-hybridized carbons (Fsp3) is 0.111. The van der Waals surface area contributed by atoms with Gasteiger partial charge < -0.3 is 0 Å². The number of hydrazone groups is 1. The summed E-state index contributed by atoms with van der Waals surface area (Å²) in [6.45, 7) is 2.23. The van der Waals surface area contributed by atoms with Crippen molar-refractivity contribution >= 4 is 34.8 Å². The first-order chi connectivity index (χ1) is 12.6. The topological polar surface area (TPSA) is 74.7 Å². The van der Waals surface area contributed by atoms with Gasteiger partial charge in [0, 0.05) is 24.5 Å². The molecule has 1 saturated heterocycles. The van der Waals surface area contributed by atoms with Gasteiger partial charge in [0.05, 0.1) is 4.91 Å². The van der Waals surface area contributed by atoms with Gasteiger partial charge in [0.15, 0.2) is 5.17 Å². The van der Waals surface area contributed by atoms with Gasteiger partial charge in [-0.1, -0.05) is 12.1 Å². The van der Waals surface area contributed by atoms with Gasteiger partial charge in [-0.15, -0.1) is 5.10 Å². The molecule has 1 aromatic carbocycles. The largest absolute Gasteiger partial charge is 0.285 e. The summed E-state index contributed by atoms with van der Waals surface area (Å²) >= 11 is 1.15. The zero-order valence-electron chi connectivity index (χ0n) is 13.8. The molecule has 8 heteroatoms. The summed E-state index contributed by atoms with van der Waals surface area (Å²) in [5, 5.41) is 4.45. The van der Waals surface area contributed by atoms with E-state index in [0.29, 0.717) is 27.7 Å². The number of nitrogens with one attached hydrogen (secondary N) is 1. The molecule has 0 saturated carbocycles. The Labute approximate surface area is 153 Å². The fourth-order valence-corrected chi connectivity index (χ4v) is 3.25. The lowest BCUT2D eigenvalue weighted by atomic mass is 10.2. The normalized spacial score (nSPS) is 17.2. The molecular formula is C18H15FN4O2S. The predicted octanol–water partition coefficient (Wildman–Crippen LogP) is 2.86. The summed E-state index contributed by atoms with van der Waals surface area (Å²) in [6, 6.07) is 8.98. The molecule has 0 aliphatic carbocycles. The Hall–Kier alpha value is -3.00. The lowest BCUT2D eigenvalue weighted by molar-refractivity contribution is -0.122. The van der Waals surface area contributed by atoms with Gasteiger partial charge in [0.2, 0.25) is 0 Å². The van der Waals surface area contributed by atoms with Crippen LogP contribution in [0.25, 0.3) is 6.08 Å². The number of likely N-dealkylation sites (N-methyl/N-ethyl adjacent to an activating group) is 1. The highest BCUT2D eigenvalue weighted by Crippen LogP contribution is 2.32. The van der Waals surface area contributed by atoms with Crippen molar-refractivity contribution in [3.05, 3.63) is 70.6 Å². The standard InChI is InChI=1S/C18H15FN4O2S/c1-2-23-17(25)15(11-12-3-5-14(19)6-4-12)26-18(23)22-21-16(24)13-7-9-20-10-8-13/h3-11H,2H2,1H3,(H,21,24)/b15-11-,22-18+. The van der Waals surface area contributed by atoms with E-state index < -0.39 is 0 Å². The van der Waals surface area contributed by atoms with Crippen LogP contribution in [0.4, 0.5) is 4.39 Å². The third-order valence-electron chi connectivity index (χ3n) is 3.57. The Morgan fingerprint density at radius 1 is 1.27 bits per heavy atom. The van der Waals surface area contributed by atoms with Crippen molar-refractivity contribution in [2.24, 2.45) is 5.10 Å². The molecule has 0 unspecified atom stereocenters. The van der Waals surface area contributed by atoms with E-state index in [-0.39, 0.29) is 17.6 Å². The number of benzene rings is 1. The number of hydrogen-bond acceptors (Lipinski definition) is 5. The summed E-state index contributed by atoms with van der Waals surface area (Å²) in [4.78, 5) is 30.3. The third kappa shape index (κ3) is 3.97. The van der Waals surface area contributed by atoms with Crippen molar-refractivity contribution in [3.8, 4) is 0 Å². The Bertz CT molecular complexity index is 882. The second kappa shape index (κ2) is 7.92. The van der Waals surface area contributed by atoms with E-state index in [1.165, 1.54) is 29.4 Å². The highest BCUT2D eigenvalue weighted by molar-refractivity contribution is 8.18. The summed E-state index contributed by atoms with van der Waals surface area (Å²) in [5.41, 5.74) is 3.58. The molecule has 2 amide bonds. The number of amides is 2. The van der Waals surface area contributed by atoms with Crippen LogP contribution in [0.1, 0.15) is 22.8 Å². The maximum Gasteiger partial charge on any atom is 0.271 e. The van der Waals surface area contributed by atoms with Crippen LogP contribution in [0.5, 0.6) is 0 Å². The number of rotatable bonds is 4. The second-order valence-electron chi connectivity index (χ2n) is 5.28. The van der Waals surface area contributed by atoms with Crippen molar-refractivity contribution in [2.45, 2.75) is 6.92 Å². The molecule has 0 bridgehead atoms. The number of nitrogens with zero attached hydrogens (tertiary/aromatic N) is 3. The summed E-state index contributed by atoms with van der Waals surface area (Å²) in [7, 11) is 0. The van der Waals surface area contributed by atoms with Crippen LogP contribution < -0.4 is 5.43 Å². The molecule has 1 fully saturated rings. The van der Waals surface area contributed by atoms with Crippen molar-refractivity contribution in [1.29, 1.82) is 0 Å². The lowest BCUT2D eigenvalue weighted by Crippen LogP contribution is -2.31. The van der Waals surface area contributed by atoms with E-state index in [4.69, 9.17) is 0 Å². The SMILES string of the molecule is CCN1C(=O)/C(=C/c2ccc(F)cc2)S/C1=N/NC(=O)c1ccncc1. The van der Waals surface area contributed by atoms with E-state index in [1.807, 2.05) is 6.92 Å². The highest BCUT2D eigenvalue weighted by atomic mass is 32.2. The van der Waals surface area contributed by atoms with Gasteiger partial charge in [0.25, 0.3) is 11.8 Å². The fourth-order valence-electron chi connectivity index (χ4n) is 2.25. The number of carbonyl (C=O) groups is 2. The minimum absolute atomic E-state index is 0.210. The molecule has 1 aliphatic heterocycles. The van der Waals surface area contributed by atoms with Gasteiger partial charge in [-0.25, -0.2) is 9.82 Å². The average Bonchev–Trinajstić information content (AvgIpc) is 2.97. The first kappa shape index (κ1) is 17.8. The molecule has 3 rings (SSSR count). The summed E-state index contributed by atoms with van der Waals surface area (Å²) < 4.78 is 13.0. The number of halogens is 1. The maximum absolute atomic E-state index is 13.0. The molecule has 6 nitrogen and oxygen atoms in total. The molecule has 0 spiro atoms. The van der Waals surface area contributed by atoms with Crippen LogP contribution in [-0.2, 0) is 4.79 Å². The van der Waals surface area contributed by atoms with Crippen molar-refractivity contribution in [1.82, 2.24) is 15.3 Å². The third-order valence-corrected chi connectivity index (χ3v) is 4.57. The molecule has 0 atom stereocenters. The molecule has 1 aromatic heterocycles. The van der Waals surface area contributed by atoms with E-state index in [2.05, 4.69) is 15.5 Å². The van der Waals surface area contributed by atoms with E-state index in [1.54, 1.807) is 30.3 Å². The van der Waals surface area contributed by atoms with Gasteiger partial charge >= 0.3 is 0 Å². The molecule has 132 valence electrons. The van der Waals surface area contributed by atoms with Gasteiger partial charge in [-0.2, -0.15) is 0 Å². The zero-order chi connectivity index (χ0) is 18.5. The van der Waals surface area contributed by atoms with E-state index in [0.717, 1.165) is 11.8 Å². The Morgan fingerprint density at radius 3 is 2.62 bits per heavy atom. The van der Waals surface area contributed by atoms with E-state index in [9.17, 15) is 14.0 Å². The maximum atomic E-state index is 13.0. The molecule has 2 heterocycles. The van der Waals surface area contributed by atoms with Crippen LogP contribution >= 0.6 is 11.8 Å². The van der Waals surface area contributed by atoms with Crippen LogP contribution in [0, 0.1) is 5.82 Å². The smallest absolute Gasteiger partial charge is 0.271 e. The molecular weight excluding hydrogens is 355 g/mol. The minimum atomic E-state index is -0.389. The van der Waals surface area contributed by atoms with Crippen molar-refractivity contribution < 1.29 is 14.0 Å². The van der Waals surface area contributed by atoms with Gasteiger partial charge in [-0.05, 0) is 54.6 Å². The van der Waals surface area contributed by atoms with Crippen LogP contribution in [0.15, 0.2) is 58.8 Å². The number of pyridine rings is 1. The first-order valence-electron chi connectivity index (χ1n) is 7.83. The summed E-state index contributed by atoms with van der Waals surface area (Å²) in [5.74, 6) is -0.937. The zero-order valence-corrected chi connectivity index (χ0v) is 14.7. The minimum Gasteiger partial charge on any atom is -0.285 e. The van der Waals surface area contributed by atoms with Crippen LogP contribution in [0.2, 0.25) is 0 Å². The highest BCUT2D eigenvalue weighted by Gasteiger charge is 2.32. The summed E-state index contributed by atoms with van der Waals surface area (Å²) in [6.07, 6.45) is 4.69. The van der Waals surface area contributed by atoms with Crippen molar-refractivity contribution in [2.75, 3.05) is 6.54 Å². The number of aromatic nitrogens is 1. The van der Waals surface area contributed by atoms with Gasteiger partial charge in [-0.3, -0.25) is 19.5 Å². The molecule has 1 N–H and O–H groups in total. The molecule has 1 aliphatic rings. The lowest BCUT2D eigenvalue weighted by Gasteiger charge is -2.11. The molecule has 2 aromatic rings. The predicted molar refractivity (Wildman–Crippen MR) is 98.5 cm³/mol. The van der Waals surface area contributed by atoms with Gasteiger partial charge in [0.1, 0.15) is 5.82 Å². The number of amidine groups is 1. The van der Waals surface area contributed by atoms with Crippen LogP contribution in [-0.4, -0.2) is 33.4 Å². The average molecular weight is 370 g/mol. The van der Waals surface area contributed by atoms with E-state index >= 15 is 0 Å². The Morgan fingerprint density at radius 2 is 1.96 bits per heavy atom. The quantitative estimate of drug-likeness (QED) is 0.663. The number of hydrogen-bond donors (Lipinski definition) is 1. The first-order valence-corrected chi connectivity index (χ1v) is 8.65.